The van der Waals surface area contributed by atoms with Crippen molar-refractivity contribution < 1.29 is 9.21 Å². The molecule has 0 aliphatic heterocycles. The van der Waals surface area contributed by atoms with Gasteiger partial charge >= 0.3 is 0 Å². The van der Waals surface area contributed by atoms with Gasteiger partial charge in [-0.25, -0.2) is 9.97 Å². The van der Waals surface area contributed by atoms with Crippen LogP contribution in [0.5, 0.6) is 0 Å². The van der Waals surface area contributed by atoms with Gasteiger partial charge in [0.1, 0.15) is 5.76 Å². The number of carbonyl (C=O) groups is 1. The van der Waals surface area contributed by atoms with E-state index in [0.29, 0.717) is 10.9 Å². The molecule has 7 heteroatoms. The summed E-state index contributed by atoms with van der Waals surface area (Å²) >= 11 is 3.09. The van der Waals surface area contributed by atoms with Crippen molar-refractivity contribution in [2.24, 2.45) is 5.92 Å². The normalized spacial score (nSPS) is 11.9. The van der Waals surface area contributed by atoms with Crippen molar-refractivity contribution in [1.29, 1.82) is 0 Å². The summed E-state index contributed by atoms with van der Waals surface area (Å²) in [6, 6.07) is 0. The van der Waals surface area contributed by atoms with Crippen LogP contribution >= 0.6 is 23.1 Å². The van der Waals surface area contributed by atoms with Crippen molar-refractivity contribution >= 4 is 34.1 Å². The fraction of sp³-hybridized carbons (Fsp3) is 0.533. The maximum atomic E-state index is 11.6. The molecule has 0 spiro atoms. The largest absolute Gasteiger partial charge is 0.444 e. The van der Waals surface area contributed by atoms with Crippen molar-refractivity contribution in [2.75, 3.05) is 5.32 Å². The van der Waals surface area contributed by atoms with Gasteiger partial charge in [0.15, 0.2) is 11.0 Å². The number of nitrogens with one attached hydrogen (secondary N) is 1. The van der Waals surface area contributed by atoms with E-state index in [4.69, 9.17) is 4.42 Å². The highest BCUT2D eigenvalue weighted by Gasteiger charge is 2.20. The molecule has 0 saturated heterocycles. The minimum absolute atomic E-state index is 0.0176. The standard InChI is InChI=1S/C15H21N3O2S2/c1-9(2)12(19)18-14-17-7-11(22-14)21-8-10-6-16-13(20-10)15(3,4)5/h6-7,9H,8H2,1-5H3,(H,17,18,19). The molecule has 2 aromatic heterocycles. The quantitative estimate of drug-likeness (QED) is 0.822. The minimum atomic E-state index is -0.0816. The van der Waals surface area contributed by atoms with Crippen LogP contribution in [-0.4, -0.2) is 15.9 Å². The molecule has 1 amide bonds. The molecule has 0 radical (unpaired) electrons. The van der Waals surface area contributed by atoms with Crippen LogP contribution in [0.4, 0.5) is 5.13 Å². The number of hydrogen-bond acceptors (Lipinski definition) is 6. The van der Waals surface area contributed by atoms with Gasteiger partial charge in [0.2, 0.25) is 5.91 Å². The van der Waals surface area contributed by atoms with Crippen LogP contribution in [0.2, 0.25) is 0 Å². The van der Waals surface area contributed by atoms with Crippen molar-refractivity contribution in [3.05, 3.63) is 24.0 Å². The van der Waals surface area contributed by atoms with Gasteiger partial charge in [-0.2, -0.15) is 0 Å². The van der Waals surface area contributed by atoms with Crippen LogP contribution in [0.3, 0.4) is 0 Å². The zero-order chi connectivity index (χ0) is 16.3. The number of thioether (sulfide) groups is 1. The highest BCUT2D eigenvalue weighted by atomic mass is 32.2. The summed E-state index contributed by atoms with van der Waals surface area (Å²) < 4.78 is 6.79. The molecule has 1 N–H and O–H groups in total. The Balaban J connectivity index is 1.91. The lowest BCUT2D eigenvalue weighted by Crippen LogP contribution is -2.17. The first kappa shape index (κ1) is 17.0. The third-order valence-corrected chi connectivity index (χ3v) is 4.92. The Morgan fingerprint density at radius 3 is 2.68 bits per heavy atom. The Kier molecular flexibility index (Phi) is 5.28. The predicted molar refractivity (Wildman–Crippen MR) is 90.3 cm³/mol. The first-order chi connectivity index (χ1) is 10.3. The van der Waals surface area contributed by atoms with Crippen molar-refractivity contribution in [3.63, 3.8) is 0 Å². The van der Waals surface area contributed by atoms with Gasteiger partial charge in [0.05, 0.1) is 22.4 Å². The zero-order valence-corrected chi connectivity index (χ0v) is 15.1. The molecular weight excluding hydrogens is 318 g/mol. The van der Waals surface area contributed by atoms with Crippen LogP contribution in [0, 0.1) is 5.92 Å². The topological polar surface area (TPSA) is 68.0 Å². The second-order valence-corrected chi connectivity index (χ2v) is 8.61. The number of hydrogen-bond donors (Lipinski definition) is 1. The fourth-order valence-corrected chi connectivity index (χ4v) is 3.24. The molecule has 0 atom stereocenters. The molecule has 2 rings (SSSR count). The molecule has 2 aromatic rings. The molecule has 0 aromatic carbocycles. The lowest BCUT2D eigenvalue weighted by molar-refractivity contribution is -0.118. The first-order valence-corrected chi connectivity index (χ1v) is 8.90. The first-order valence-electron chi connectivity index (χ1n) is 7.10. The average molecular weight is 339 g/mol. The third kappa shape index (κ3) is 4.58. The summed E-state index contributed by atoms with van der Waals surface area (Å²) in [5.74, 6) is 2.22. The summed E-state index contributed by atoms with van der Waals surface area (Å²) in [5.41, 5.74) is -0.0816. The van der Waals surface area contributed by atoms with E-state index in [-0.39, 0.29) is 17.2 Å². The van der Waals surface area contributed by atoms with Gasteiger partial charge in [-0.15, -0.1) is 11.8 Å². The number of nitrogens with zero attached hydrogens (tertiary/aromatic N) is 2. The monoisotopic (exact) mass is 339 g/mol. The van der Waals surface area contributed by atoms with Gasteiger partial charge in [-0.05, 0) is 0 Å². The number of oxazole rings is 1. The van der Waals surface area contributed by atoms with E-state index in [1.165, 1.54) is 11.3 Å². The predicted octanol–water partition coefficient (Wildman–Crippen LogP) is 4.32. The van der Waals surface area contributed by atoms with E-state index in [9.17, 15) is 4.79 Å². The Morgan fingerprint density at radius 1 is 1.36 bits per heavy atom. The Labute approximate surface area is 138 Å². The van der Waals surface area contributed by atoms with Gasteiger partial charge in [0.25, 0.3) is 0 Å². The number of carbonyl (C=O) groups excluding carboxylic acids is 1. The molecule has 0 unspecified atom stereocenters. The van der Waals surface area contributed by atoms with E-state index in [1.54, 1.807) is 24.2 Å². The molecule has 0 fully saturated rings. The molecule has 0 aliphatic carbocycles. The SMILES string of the molecule is CC(C)C(=O)Nc1ncc(SCc2cnc(C(C)(C)C)o2)s1. The highest BCUT2D eigenvalue weighted by molar-refractivity contribution is 8.00. The molecule has 5 nitrogen and oxygen atoms in total. The number of aromatic nitrogens is 2. The fourth-order valence-electron chi connectivity index (χ4n) is 1.50. The molecule has 22 heavy (non-hydrogen) atoms. The van der Waals surface area contributed by atoms with Crippen LogP contribution in [-0.2, 0) is 16.0 Å². The Hall–Kier alpha value is -1.34. The van der Waals surface area contributed by atoms with Crippen molar-refractivity contribution in [2.45, 2.75) is 50.0 Å². The lowest BCUT2D eigenvalue weighted by atomic mass is 9.97. The van der Waals surface area contributed by atoms with E-state index in [2.05, 4.69) is 36.1 Å². The van der Waals surface area contributed by atoms with Crippen LogP contribution in [0.15, 0.2) is 21.0 Å². The molecule has 0 aliphatic rings. The van der Waals surface area contributed by atoms with E-state index in [0.717, 1.165) is 15.9 Å². The number of anilines is 1. The maximum absolute atomic E-state index is 11.6. The van der Waals surface area contributed by atoms with Gasteiger partial charge in [-0.1, -0.05) is 46.0 Å². The second-order valence-electron chi connectivity index (χ2n) is 6.30. The maximum Gasteiger partial charge on any atom is 0.228 e. The Bertz CT molecular complexity index is 641. The molecule has 0 bridgehead atoms. The zero-order valence-electron chi connectivity index (χ0n) is 13.5. The summed E-state index contributed by atoms with van der Waals surface area (Å²) in [6.45, 7) is 9.93. The minimum Gasteiger partial charge on any atom is -0.444 e. The van der Waals surface area contributed by atoms with Crippen LogP contribution in [0.25, 0.3) is 0 Å². The summed E-state index contributed by atoms with van der Waals surface area (Å²) in [4.78, 5) is 20.2. The van der Waals surface area contributed by atoms with Crippen molar-refractivity contribution in [1.82, 2.24) is 9.97 Å². The Morgan fingerprint density at radius 2 is 2.09 bits per heavy atom. The van der Waals surface area contributed by atoms with E-state index < -0.39 is 0 Å². The van der Waals surface area contributed by atoms with Crippen LogP contribution in [0.1, 0.15) is 46.3 Å². The van der Waals surface area contributed by atoms with Gasteiger partial charge < -0.3 is 9.73 Å². The molecule has 2 heterocycles. The summed E-state index contributed by atoms with van der Waals surface area (Å²) in [5, 5.41) is 3.44. The van der Waals surface area contributed by atoms with Gasteiger partial charge in [0, 0.05) is 11.3 Å². The second kappa shape index (κ2) is 6.83. The highest BCUT2D eigenvalue weighted by Crippen LogP contribution is 2.32. The van der Waals surface area contributed by atoms with Gasteiger partial charge in [-0.3, -0.25) is 4.79 Å². The smallest absolute Gasteiger partial charge is 0.228 e. The van der Waals surface area contributed by atoms with Crippen LogP contribution < -0.4 is 5.32 Å². The van der Waals surface area contributed by atoms with E-state index in [1.807, 2.05) is 13.8 Å². The lowest BCUT2D eigenvalue weighted by Gasteiger charge is -2.12. The number of amides is 1. The summed E-state index contributed by atoms with van der Waals surface area (Å²) in [6.07, 6.45) is 3.54. The molecule has 0 saturated carbocycles. The van der Waals surface area contributed by atoms with E-state index >= 15 is 0 Å². The molecular formula is C15H21N3O2S2. The number of thiazole rings is 1. The average Bonchev–Trinajstić information content (AvgIpc) is 3.04. The summed E-state index contributed by atoms with van der Waals surface area (Å²) in [7, 11) is 0. The molecule has 120 valence electrons. The number of rotatable bonds is 5. The van der Waals surface area contributed by atoms with Crippen molar-refractivity contribution in [3.8, 4) is 0 Å². The third-order valence-electron chi connectivity index (χ3n) is 2.79.